The second-order valence-electron chi connectivity index (χ2n) is 5.91. The van der Waals surface area contributed by atoms with E-state index in [9.17, 15) is 4.79 Å². The van der Waals surface area contributed by atoms with Gasteiger partial charge in [0.05, 0.1) is 23.3 Å². The van der Waals surface area contributed by atoms with Crippen molar-refractivity contribution in [3.8, 4) is 0 Å². The molecule has 2 N–H and O–H groups in total. The number of hydrogen-bond donors (Lipinski definition) is 2. The maximum Gasteiger partial charge on any atom is 0.326 e. The number of rotatable bonds is 3. The maximum atomic E-state index is 12.5. The molecule has 5 nitrogen and oxygen atoms in total. The first-order valence-electron chi connectivity index (χ1n) is 8.04. The van der Waals surface area contributed by atoms with E-state index in [1.54, 1.807) is 0 Å². The van der Waals surface area contributed by atoms with Gasteiger partial charge in [0.15, 0.2) is 0 Å². The zero-order valence-electron chi connectivity index (χ0n) is 13.0. The quantitative estimate of drug-likeness (QED) is 0.775. The fourth-order valence-corrected chi connectivity index (χ4v) is 3.26. The molecule has 1 fully saturated rings. The molecule has 0 atom stereocenters. The Balaban J connectivity index is 1.78. The van der Waals surface area contributed by atoms with Crippen molar-refractivity contribution in [2.75, 3.05) is 31.1 Å². The Morgan fingerprint density at radius 2 is 1.74 bits per heavy atom. The summed E-state index contributed by atoms with van der Waals surface area (Å²) in [4.78, 5) is 17.8. The molecule has 0 amide bonds. The summed E-state index contributed by atoms with van der Waals surface area (Å²) in [5, 5.41) is 3.36. The van der Waals surface area contributed by atoms with Crippen LogP contribution in [0.2, 0.25) is 0 Å². The molecule has 0 saturated carbocycles. The predicted octanol–water partition coefficient (Wildman–Crippen LogP) is 1.79. The van der Waals surface area contributed by atoms with Crippen LogP contribution in [-0.4, -0.2) is 35.7 Å². The van der Waals surface area contributed by atoms with E-state index in [2.05, 4.69) is 21.3 Å². The SMILES string of the molecule is O=c1[nH]c2c(N3CCNCC3)cccc2n1Cc1ccccc1. The van der Waals surface area contributed by atoms with Gasteiger partial charge in [-0.15, -0.1) is 0 Å². The van der Waals surface area contributed by atoms with Crippen molar-refractivity contribution in [2.45, 2.75) is 6.54 Å². The lowest BCUT2D eigenvalue weighted by Gasteiger charge is -2.29. The van der Waals surface area contributed by atoms with Gasteiger partial charge < -0.3 is 15.2 Å². The average Bonchev–Trinajstić information content (AvgIpc) is 2.92. The Bertz CT molecular complexity index is 860. The first kappa shape index (κ1) is 14.1. The molecule has 2 heterocycles. The van der Waals surface area contributed by atoms with Crippen molar-refractivity contribution in [1.82, 2.24) is 14.9 Å². The molecular formula is C18H20N4O. The van der Waals surface area contributed by atoms with Crippen LogP contribution >= 0.6 is 0 Å². The molecule has 0 aliphatic carbocycles. The minimum Gasteiger partial charge on any atom is -0.367 e. The summed E-state index contributed by atoms with van der Waals surface area (Å²) < 4.78 is 1.82. The highest BCUT2D eigenvalue weighted by Crippen LogP contribution is 2.25. The molecule has 1 aliphatic rings. The fraction of sp³-hybridized carbons (Fsp3) is 0.278. The number of benzene rings is 2. The summed E-state index contributed by atoms with van der Waals surface area (Å²) in [6.45, 7) is 4.47. The molecule has 0 unspecified atom stereocenters. The first-order valence-corrected chi connectivity index (χ1v) is 8.04. The van der Waals surface area contributed by atoms with Crippen molar-refractivity contribution < 1.29 is 0 Å². The minimum atomic E-state index is -0.0496. The van der Waals surface area contributed by atoms with E-state index in [-0.39, 0.29) is 5.69 Å². The van der Waals surface area contributed by atoms with Crippen molar-refractivity contribution in [2.24, 2.45) is 0 Å². The van der Waals surface area contributed by atoms with Crippen LogP contribution in [0.3, 0.4) is 0 Å². The van der Waals surface area contributed by atoms with Gasteiger partial charge in [0, 0.05) is 26.2 Å². The summed E-state index contributed by atoms with van der Waals surface area (Å²) in [7, 11) is 0. The topological polar surface area (TPSA) is 53.1 Å². The van der Waals surface area contributed by atoms with Crippen molar-refractivity contribution >= 4 is 16.7 Å². The van der Waals surface area contributed by atoms with E-state index < -0.39 is 0 Å². The molecule has 0 spiro atoms. The summed E-state index contributed by atoms with van der Waals surface area (Å²) >= 11 is 0. The molecule has 4 rings (SSSR count). The molecule has 0 radical (unpaired) electrons. The molecule has 0 bridgehead atoms. The Labute approximate surface area is 134 Å². The van der Waals surface area contributed by atoms with Gasteiger partial charge in [0.1, 0.15) is 0 Å². The van der Waals surface area contributed by atoms with E-state index in [4.69, 9.17) is 0 Å². The molecule has 5 heteroatoms. The van der Waals surface area contributed by atoms with Gasteiger partial charge in [-0.25, -0.2) is 4.79 Å². The van der Waals surface area contributed by atoms with E-state index in [1.807, 2.05) is 47.0 Å². The number of imidazole rings is 1. The Morgan fingerprint density at radius 3 is 2.52 bits per heavy atom. The van der Waals surface area contributed by atoms with Crippen molar-refractivity contribution in [3.63, 3.8) is 0 Å². The number of nitrogens with zero attached hydrogens (tertiary/aromatic N) is 2. The fourth-order valence-electron chi connectivity index (χ4n) is 3.26. The third-order valence-corrected chi connectivity index (χ3v) is 4.43. The second kappa shape index (κ2) is 5.93. The first-order chi connectivity index (χ1) is 11.3. The number of piperazine rings is 1. The molecule has 1 saturated heterocycles. The van der Waals surface area contributed by atoms with Crippen LogP contribution in [0, 0.1) is 0 Å². The smallest absolute Gasteiger partial charge is 0.326 e. The van der Waals surface area contributed by atoms with E-state index in [0.717, 1.165) is 48.5 Å². The third kappa shape index (κ3) is 2.64. The number of hydrogen-bond acceptors (Lipinski definition) is 3. The van der Waals surface area contributed by atoms with Crippen LogP contribution in [0.1, 0.15) is 5.56 Å². The van der Waals surface area contributed by atoms with Gasteiger partial charge in [-0.3, -0.25) is 4.57 Å². The number of anilines is 1. The largest absolute Gasteiger partial charge is 0.367 e. The summed E-state index contributed by atoms with van der Waals surface area (Å²) in [6.07, 6.45) is 0. The number of para-hydroxylation sites is 1. The van der Waals surface area contributed by atoms with Crippen LogP contribution in [-0.2, 0) is 6.54 Å². The Morgan fingerprint density at radius 1 is 0.957 bits per heavy atom. The highest BCUT2D eigenvalue weighted by Gasteiger charge is 2.16. The van der Waals surface area contributed by atoms with Crippen LogP contribution in [0.5, 0.6) is 0 Å². The number of H-pyrrole nitrogens is 1. The van der Waals surface area contributed by atoms with Gasteiger partial charge in [-0.2, -0.15) is 0 Å². The lowest BCUT2D eigenvalue weighted by atomic mass is 10.2. The number of aromatic nitrogens is 2. The van der Waals surface area contributed by atoms with E-state index in [1.165, 1.54) is 0 Å². The standard InChI is InChI=1S/C18H20N4O/c23-18-20-17-15(21-11-9-19-10-12-21)7-4-8-16(17)22(18)13-14-5-2-1-3-6-14/h1-8,19H,9-13H2,(H,20,23). The second-order valence-corrected chi connectivity index (χ2v) is 5.91. The molecule has 118 valence electrons. The van der Waals surface area contributed by atoms with E-state index in [0.29, 0.717) is 6.54 Å². The van der Waals surface area contributed by atoms with Crippen LogP contribution < -0.4 is 15.9 Å². The lowest BCUT2D eigenvalue weighted by Crippen LogP contribution is -2.43. The predicted molar refractivity (Wildman–Crippen MR) is 93.2 cm³/mol. The highest BCUT2D eigenvalue weighted by atomic mass is 16.1. The molecule has 2 aromatic carbocycles. The van der Waals surface area contributed by atoms with Crippen LogP contribution in [0.4, 0.5) is 5.69 Å². The van der Waals surface area contributed by atoms with Crippen molar-refractivity contribution in [1.29, 1.82) is 0 Å². The Kier molecular flexibility index (Phi) is 3.63. The molecular weight excluding hydrogens is 288 g/mol. The van der Waals surface area contributed by atoms with Crippen LogP contribution in [0.25, 0.3) is 11.0 Å². The van der Waals surface area contributed by atoms with E-state index >= 15 is 0 Å². The summed E-state index contributed by atoms with van der Waals surface area (Å²) in [6, 6.07) is 16.2. The van der Waals surface area contributed by atoms with Gasteiger partial charge in [-0.1, -0.05) is 36.4 Å². The zero-order chi connectivity index (χ0) is 15.6. The molecule has 3 aromatic rings. The maximum absolute atomic E-state index is 12.5. The van der Waals surface area contributed by atoms with Gasteiger partial charge >= 0.3 is 5.69 Å². The molecule has 1 aromatic heterocycles. The van der Waals surface area contributed by atoms with Gasteiger partial charge in [0.2, 0.25) is 0 Å². The normalized spacial score (nSPS) is 15.2. The van der Waals surface area contributed by atoms with Gasteiger partial charge in [0.25, 0.3) is 0 Å². The van der Waals surface area contributed by atoms with Gasteiger partial charge in [-0.05, 0) is 17.7 Å². The molecule has 23 heavy (non-hydrogen) atoms. The number of nitrogens with one attached hydrogen (secondary N) is 2. The third-order valence-electron chi connectivity index (χ3n) is 4.43. The highest BCUT2D eigenvalue weighted by molar-refractivity contribution is 5.89. The number of fused-ring (bicyclic) bond motifs is 1. The van der Waals surface area contributed by atoms with Crippen molar-refractivity contribution in [3.05, 3.63) is 64.6 Å². The minimum absolute atomic E-state index is 0.0496. The van der Waals surface area contributed by atoms with Crippen LogP contribution in [0.15, 0.2) is 53.3 Å². The lowest BCUT2D eigenvalue weighted by molar-refractivity contribution is 0.590. The molecule has 1 aliphatic heterocycles. The Hall–Kier alpha value is -2.53. The number of aromatic amines is 1. The monoisotopic (exact) mass is 308 g/mol. The summed E-state index contributed by atoms with van der Waals surface area (Å²) in [5.74, 6) is 0. The average molecular weight is 308 g/mol. The summed E-state index contributed by atoms with van der Waals surface area (Å²) in [5.41, 5.74) is 4.10. The zero-order valence-corrected chi connectivity index (χ0v) is 13.0.